The number of aromatic nitrogens is 3. The summed E-state index contributed by atoms with van der Waals surface area (Å²) in [7, 11) is 0. The lowest BCUT2D eigenvalue weighted by Gasteiger charge is -2.38. The molecule has 0 amide bonds. The number of H-pyrrole nitrogens is 2. The summed E-state index contributed by atoms with van der Waals surface area (Å²) in [4.78, 5) is 23.2. The minimum atomic E-state index is -0.489. The third kappa shape index (κ3) is 1.63. The predicted molar refractivity (Wildman–Crippen MR) is 60.3 cm³/mol. The molecular weight excluding hydrogens is 208 g/mol. The van der Waals surface area contributed by atoms with E-state index >= 15 is 0 Å². The first-order chi connectivity index (χ1) is 7.59. The Bertz CT molecular complexity index is 434. The molecule has 0 spiro atoms. The number of hydrogen-bond donors (Lipinski definition) is 3. The average Bonchev–Trinajstić information content (AvgIpc) is 2.62. The highest BCUT2D eigenvalue weighted by Crippen LogP contribution is 2.35. The monoisotopic (exact) mass is 226 g/mol. The largest absolute Gasteiger partial charge is 0.344 e. The minimum absolute atomic E-state index is 0.334. The normalized spacial score (nSPS) is 30.5. The van der Waals surface area contributed by atoms with E-state index in [1.54, 1.807) is 0 Å². The molecule has 16 heavy (non-hydrogen) atoms. The van der Waals surface area contributed by atoms with E-state index in [2.05, 4.69) is 17.1 Å². The summed E-state index contributed by atoms with van der Waals surface area (Å²) in [5.74, 6) is 0.647. The summed E-state index contributed by atoms with van der Waals surface area (Å²) < 4.78 is 1.26. The van der Waals surface area contributed by atoms with Gasteiger partial charge in [-0.3, -0.25) is 0 Å². The van der Waals surface area contributed by atoms with Gasteiger partial charge >= 0.3 is 11.4 Å². The van der Waals surface area contributed by atoms with E-state index in [-0.39, 0.29) is 11.4 Å². The molecule has 0 aromatic carbocycles. The van der Waals surface area contributed by atoms with E-state index in [1.807, 2.05) is 0 Å². The number of rotatable bonds is 2. The molecule has 90 valence electrons. The quantitative estimate of drug-likeness (QED) is 0.647. The molecule has 1 aromatic heterocycles. The van der Waals surface area contributed by atoms with Gasteiger partial charge in [0, 0.05) is 6.54 Å². The van der Waals surface area contributed by atoms with Crippen molar-refractivity contribution in [3.63, 3.8) is 0 Å². The molecule has 1 aliphatic rings. The molecule has 0 bridgehead atoms. The minimum Gasteiger partial charge on any atom is -0.328 e. The average molecular weight is 226 g/mol. The van der Waals surface area contributed by atoms with E-state index in [0.29, 0.717) is 12.5 Å². The molecule has 1 fully saturated rings. The van der Waals surface area contributed by atoms with Gasteiger partial charge in [-0.2, -0.15) is 0 Å². The Morgan fingerprint density at radius 1 is 1.31 bits per heavy atom. The summed E-state index contributed by atoms with van der Waals surface area (Å²) >= 11 is 0. The second-order valence-corrected chi connectivity index (χ2v) is 4.81. The Hall–Kier alpha value is -1.30. The Balaban J connectivity index is 2.43. The third-order valence-corrected chi connectivity index (χ3v) is 3.74. The van der Waals surface area contributed by atoms with Crippen LogP contribution in [0.15, 0.2) is 9.59 Å². The zero-order chi connectivity index (χ0) is 11.8. The second kappa shape index (κ2) is 3.93. The molecule has 0 unspecified atom stereocenters. The molecule has 1 heterocycles. The molecule has 0 atom stereocenters. The highest BCUT2D eigenvalue weighted by atomic mass is 16.2. The van der Waals surface area contributed by atoms with Crippen LogP contribution < -0.4 is 17.1 Å². The fraction of sp³-hybridized carbons (Fsp3) is 0.800. The molecule has 1 aromatic rings. The van der Waals surface area contributed by atoms with Crippen molar-refractivity contribution >= 4 is 0 Å². The van der Waals surface area contributed by atoms with Gasteiger partial charge in [0.25, 0.3) is 0 Å². The molecule has 0 radical (unpaired) electrons. The molecule has 0 saturated heterocycles. The standard InChI is InChI=1S/C10H18N4O2/c1-7-2-4-10(6-11,5-3-7)14-8(15)12-13-9(14)16/h7H,2-6,11H2,1H3,(H,12,15)(H,13,16). The van der Waals surface area contributed by atoms with Crippen molar-refractivity contribution in [3.05, 3.63) is 21.0 Å². The van der Waals surface area contributed by atoms with Crippen molar-refractivity contribution in [2.45, 2.75) is 38.1 Å². The Morgan fingerprint density at radius 3 is 2.25 bits per heavy atom. The van der Waals surface area contributed by atoms with Crippen LogP contribution in [0.2, 0.25) is 0 Å². The van der Waals surface area contributed by atoms with Crippen molar-refractivity contribution in [2.75, 3.05) is 6.54 Å². The van der Waals surface area contributed by atoms with E-state index in [9.17, 15) is 9.59 Å². The number of hydrogen-bond acceptors (Lipinski definition) is 3. The van der Waals surface area contributed by atoms with Crippen LogP contribution in [0.4, 0.5) is 0 Å². The lowest BCUT2D eigenvalue weighted by Crippen LogP contribution is -2.52. The van der Waals surface area contributed by atoms with Crippen molar-refractivity contribution in [3.8, 4) is 0 Å². The maximum atomic E-state index is 11.6. The van der Waals surface area contributed by atoms with E-state index in [1.165, 1.54) is 4.57 Å². The first kappa shape index (κ1) is 11.2. The summed E-state index contributed by atoms with van der Waals surface area (Å²) in [6.07, 6.45) is 3.61. The summed E-state index contributed by atoms with van der Waals surface area (Å²) in [5, 5.41) is 4.64. The van der Waals surface area contributed by atoms with Crippen LogP contribution in [-0.2, 0) is 5.54 Å². The number of nitrogens with zero attached hydrogens (tertiary/aromatic N) is 1. The molecule has 1 saturated carbocycles. The number of nitrogens with two attached hydrogens (primary N) is 1. The SMILES string of the molecule is CC1CCC(CN)(n2c(=O)[nH][nH]c2=O)CC1. The maximum Gasteiger partial charge on any atom is 0.344 e. The predicted octanol–water partition coefficient (Wildman–Crippen LogP) is -0.271. The first-order valence-corrected chi connectivity index (χ1v) is 5.69. The van der Waals surface area contributed by atoms with Crippen molar-refractivity contribution in [1.82, 2.24) is 14.8 Å². The van der Waals surface area contributed by atoms with E-state index in [4.69, 9.17) is 5.73 Å². The Labute approximate surface area is 92.8 Å². The third-order valence-electron chi connectivity index (χ3n) is 3.74. The van der Waals surface area contributed by atoms with Gasteiger partial charge in [-0.1, -0.05) is 6.92 Å². The fourth-order valence-electron chi connectivity index (χ4n) is 2.56. The summed E-state index contributed by atoms with van der Waals surface area (Å²) in [6, 6.07) is 0. The van der Waals surface area contributed by atoms with Gasteiger partial charge in [-0.05, 0) is 31.6 Å². The highest BCUT2D eigenvalue weighted by molar-refractivity contribution is 4.93. The highest BCUT2D eigenvalue weighted by Gasteiger charge is 2.37. The molecule has 4 N–H and O–H groups in total. The van der Waals surface area contributed by atoms with Gasteiger partial charge in [-0.15, -0.1) is 0 Å². The van der Waals surface area contributed by atoms with Crippen LogP contribution in [0.25, 0.3) is 0 Å². The van der Waals surface area contributed by atoms with Crippen LogP contribution in [0.5, 0.6) is 0 Å². The topological polar surface area (TPSA) is 96.7 Å². The maximum absolute atomic E-state index is 11.6. The molecule has 1 aliphatic carbocycles. The zero-order valence-corrected chi connectivity index (χ0v) is 9.45. The van der Waals surface area contributed by atoms with Crippen LogP contribution in [-0.4, -0.2) is 21.3 Å². The van der Waals surface area contributed by atoms with Gasteiger partial charge < -0.3 is 5.73 Å². The van der Waals surface area contributed by atoms with Crippen LogP contribution in [0.3, 0.4) is 0 Å². The van der Waals surface area contributed by atoms with Crippen LogP contribution in [0, 0.1) is 5.92 Å². The summed E-state index contributed by atoms with van der Waals surface area (Å²) in [5.41, 5.74) is 4.53. The second-order valence-electron chi connectivity index (χ2n) is 4.81. The molecule has 2 rings (SSSR count). The van der Waals surface area contributed by atoms with Gasteiger partial charge in [0.15, 0.2) is 0 Å². The Kier molecular flexibility index (Phi) is 2.75. The zero-order valence-electron chi connectivity index (χ0n) is 9.45. The van der Waals surface area contributed by atoms with Gasteiger partial charge in [-0.25, -0.2) is 24.4 Å². The van der Waals surface area contributed by atoms with Crippen molar-refractivity contribution in [1.29, 1.82) is 0 Å². The molecular formula is C10H18N4O2. The van der Waals surface area contributed by atoms with Crippen molar-refractivity contribution < 1.29 is 0 Å². The summed E-state index contributed by atoms with van der Waals surface area (Å²) in [6.45, 7) is 2.52. The molecule has 6 nitrogen and oxygen atoms in total. The van der Waals surface area contributed by atoms with Crippen LogP contribution in [0.1, 0.15) is 32.6 Å². The van der Waals surface area contributed by atoms with Crippen LogP contribution >= 0.6 is 0 Å². The lowest BCUT2D eigenvalue weighted by atomic mass is 9.77. The Morgan fingerprint density at radius 2 is 1.81 bits per heavy atom. The van der Waals surface area contributed by atoms with E-state index in [0.717, 1.165) is 25.7 Å². The van der Waals surface area contributed by atoms with Gasteiger partial charge in [0.05, 0.1) is 5.54 Å². The van der Waals surface area contributed by atoms with E-state index < -0.39 is 5.54 Å². The molecule has 6 heteroatoms. The lowest BCUT2D eigenvalue weighted by molar-refractivity contribution is 0.160. The molecule has 0 aliphatic heterocycles. The fourth-order valence-corrected chi connectivity index (χ4v) is 2.56. The van der Waals surface area contributed by atoms with Gasteiger partial charge in [0.1, 0.15) is 0 Å². The smallest absolute Gasteiger partial charge is 0.328 e. The first-order valence-electron chi connectivity index (χ1n) is 5.69. The van der Waals surface area contributed by atoms with Gasteiger partial charge in [0.2, 0.25) is 0 Å². The number of nitrogens with one attached hydrogen (secondary N) is 2. The number of aromatic amines is 2. The van der Waals surface area contributed by atoms with Crippen molar-refractivity contribution in [2.24, 2.45) is 11.7 Å².